The first-order valence-corrected chi connectivity index (χ1v) is 10.6. The predicted molar refractivity (Wildman–Crippen MR) is 120 cm³/mol. The molecule has 2 aliphatic rings. The van der Waals surface area contributed by atoms with Crippen LogP contribution in [0.5, 0.6) is 0 Å². The zero-order chi connectivity index (χ0) is 21.3. The maximum atomic E-state index is 12.8. The Morgan fingerprint density at radius 2 is 1.34 bits per heavy atom. The van der Waals surface area contributed by atoms with Crippen molar-refractivity contribution >= 4 is 11.7 Å². The van der Waals surface area contributed by atoms with Gasteiger partial charge in [0.2, 0.25) is 5.91 Å². The summed E-state index contributed by atoms with van der Waals surface area (Å²) < 4.78 is 0. The Bertz CT molecular complexity index is 875. The quantitative estimate of drug-likeness (QED) is 0.639. The van der Waals surface area contributed by atoms with E-state index in [1.165, 1.54) is 0 Å². The molecule has 0 unspecified atom stereocenters. The average Bonchev–Trinajstić information content (AvgIpc) is 3.50. The van der Waals surface area contributed by atoms with Crippen molar-refractivity contribution in [3.63, 3.8) is 0 Å². The van der Waals surface area contributed by atoms with E-state index in [2.05, 4.69) is 5.32 Å². The van der Waals surface area contributed by atoms with E-state index in [0.29, 0.717) is 17.6 Å². The zero-order valence-electron chi connectivity index (χ0n) is 17.9. The van der Waals surface area contributed by atoms with Gasteiger partial charge in [0.1, 0.15) is 0 Å². The van der Waals surface area contributed by atoms with Crippen molar-refractivity contribution in [2.24, 2.45) is 0 Å². The van der Waals surface area contributed by atoms with Crippen LogP contribution < -0.4 is 5.32 Å². The summed E-state index contributed by atoms with van der Waals surface area (Å²) >= 11 is 0. The van der Waals surface area contributed by atoms with Crippen LogP contribution in [0.4, 0.5) is 0 Å². The molecule has 1 N–H and O–H groups in total. The van der Waals surface area contributed by atoms with Gasteiger partial charge in [0.15, 0.2) is 5.78 Å². The van der Waals surface area contributed by atoms with Crippen molar-refractivity contribution in [2.75, 3.05) is 0 Å². The summed E-state index contributed by atoms with van der Waals surface area (Å²) in [6.07, 6.45) is 5.88. The molecule has 1 saturated carbocycles. The van der Waals surface area contributed by atoms with Crippen LogP contribution in [0.1, 0.15) is 62.9 Å². The number of allylic oxidation sites excluding steroid dienone is 3. The number of hydrogen-bond donors (Lipinski definition) is 1. The number of nitrogens with one attached hydrogen (secondary N) is 1. The molecule has 3 nitrogen and oxygen atoms in total. The van der Waals surface area contributed by atoms with Crippen LogP contribution in [-0.4, -0.2) is 11.7 Å². The molecule has 0 radical (unpaired) electrons. The third kappa shape index (κ3) is 5.11. The van der Waals surface area contributed by atoms with Gasteiger partial charge in [-0.15, -0.1) is 0 Å². The SMILES string of the molecule is CC.CC.O=C(C1=CC=C(NC(=O)C2(c3ccccc3)CC2)C1)c1ccccc1. The van der Waals surface area contributed by atoms with E-state index in [0.717, 1.165) is 24.1 Å². The first-order chi connectivity index (χ1) is 14.2. The van der Waals surface area contributed by atoms with Crippen LogP contribution in [0, 0.1) is 0 Å². The number of Topliss-reactive ketones (excluding diaryl/α,β-unsaturated/α-hetero) is 1. The van der Waals surface area contributed by atoms with Crippen LogP contribution in [0.15, 0.2) is 84.1 Å². The molecule has 0 aliphatic heterocycles. The van der Waals surface area contributed by atoms with Gasteiger partial charge in [0, 0.05) is 23.3 Å². The maximum Gasteiger partial charge on any atom is 0.234 e. The number of hydrogen-bond acceptors (Lipinski definition) is 2. The van der Waals surface area contributed by atoms with Gasteiger partial charge in [-0.2, -0.15) is 0 Å². The van der Waals surface area contributed by atoms with E-state index < -0.39 is 5.41 Å². The highest BCUT2D eigenvalue weighted by molar-refractivity contribution is 6.09. The summed E-state index contributed by atoms with van der Waals surface area (Å²) in [7, 11) is 0. The van der Waals surface area contributed by atoms with Crippen LogP contribution >= 0.6 is 0 Å². The normalized spacial score (nSPS) is 15.4. The zero-order valence-corrected chi connectivity index (χ0v) is 17.9. The minimum Gasteiger partial charge on any atom is -0.329 e. The minimum absolute atomic E-state index is 0.0188. The molecule has 152 valence electrons. The molecule has 4 rings (SSSR count). The van der Waals surface area contributed by atoms with Gasteiger partial charge in [-0.25, -0.2) is 0 Å². The van der Waals surface area contributed by atoms with Crippen molar-refractivity contribution in [2.45, 2.75) is 52.4 Å². The van der Waals surface area contributed by atoms with Gasteiger partial charge in [-0.05, 0) is 24.5 Å². The Morgan fingerprint density at radius 3 is 1.90 bits per heavy atom. The molecule has 0 spiro atoms. The fraction of sp³-hybridized carbons (Fsp3) is 0.308. The molecule has 0 saturated heterocycles. The summed E-state index contributed by atoms with van der Waals surface area (Å²) in [5.74, 6) is 0.0528. The van der Waals surface area contributed by atoms with Crippen LogP contribution in [-0.2, 0) is 10.2 Å². The predicted octanol–water partition coefficient (Wildman–Crippen LogP) is 5.98. The molecule has 0 bridgehead atoms. The number of rotatable bonds is 5. The minimum atomic E-state index is -0.395. The second-order valence-corrected chi connectivity index (χ2v) is 6.66. The topological polar surface area (TPSA) is 46.2 Å². The molecule has 3 heteroatoms. The molecule has 0 atom stereocenters. The third-order valence-corrected chi connectivity index (χ3v) is 4.98. The van der Waals surface area contributed by atoms with Crippen molar-refractivity contribution in [1.82, 2.24) is 5.32 Å². The molecular formula is C26H31NO2. The van der Waals surface area contributed by atoms with E-state index in [-0.39, 0.29) is 11.7 Å². The van der Waals surface area contributed by atoms with E-state index in [1.54, 1.807) is 0 Å². The van der Waals surface area contributed by atoms with Gasteiger partial charge in [0.05, 0.1) is 5.41 Å². The summed E-state index contributed by atoms with van der Waals surface area (Å²) in [6.45, 7) is 8.00. The molecule has 2 aromatic rings. The summed E-state index contributed by atoms with van der Waals surface area (Å²) in [5, 5.41) is 3.03. The fourth-order valence-corrected chi connectivity index (χ4v) is 3.34. The lowest BCUT2D eigenvalue weighted by Gasteiger charge is -2.16. The first-order valence-electron chi connectivity index (χ1n) is 10.6. The van der Waals surface area contributed by atoms with E-state index in [1.807, 2.05) is 101 Å². The number of ketones is 1. The van der Waals surface area contributed by atoms with E-state index in [4.69, 9.17) is 0 Å². The molecule has 2 aromatic carbocycles. The van der Waals surface area contributed by atoms with Gasteiger partial charge in [-0.1, -0.05) is 94.4 Å². The molecular weight excluding hydrogens is 358 g/mol. The second kappa shape index (κ2) is 10.6. The molecule has 0 heterocycles. The molecule has 2 aliphatic carbocycles. The summed E-state index contributed by atoms with van der Waals surface area (Å²) in [5.41, 5.74) is 2.86. The Morgan fingerprint density at radius 1 is 0.793 bits per heavy atom. The van der Waals surface area contributed by atoms with Gasteiger partial charge in [0.25, 0.3) is 0 Å². The van der Waals surface area contributed by atoms with Gasteiger partial charge >= 0.3 is 0 Å². The van der Waals surface area contributed by atoms with E-state index in [9.17, 15) is 9.59 Å². The summed E-state index contributed by atoms with van der Waals surface area (Å²) in [4.78, 5) is 25.3. The second-order valence-electron chi connectivity index (χ2n) is 6.66. The molecule has 0 aromatic heterocycles. The fourth-order valence-electron chi connectivity index (χ4n) is 3.34. The Labute approximate surface area is 174 Å². The highest BCUT2D eigenvalue weighted by Crippen LogP contribution is 2.48. The number of carbonyl (C=O) groups excluding carboxylic acids is 2. The van der Waals surface area contributed by atoms with Crippen molar-refractivity contribution < 1.29 is 9.59 Å². The Hall–Kier alpha value is -2.94. The first kappa shape index (κ1) is 22.4. The van der Waals surface area contributed by atoms with Crippen LogP contribution in [0.2, 0.25) is 0 Å². The standard InChI is InChI=1S/C22H19NO2.2C2H6/c24-20(16-7-3-1-4-8-16)17-11-12-19(15-17)23-21(25)22(13-14-22)18-9-5-2-6-10-18;2*1-2/h1-12H,13-15H2,(H,23,25);2*1-2H3. The third-order valence-electron chi connectivity index (χ3n) is 4.98. The summed E-state index contributed by atoms with van der Waals surface area (Å²) in [6, 6.07) is 19.2. The largest absolute Gasteiger partial charge is 0.329 e. The lowest BCUT2D eigenvalue weighted by Crippen LogP contribution is -2.34. The number of amides is 1. The van der Waals surface area contributed by atoms with Gasteiger partial charge in [-0.3, -0.25) is 9.59 Å². The van der Waals surface area contributed by atoms with Crippen molar-refractivity contribution in [3.8, 4) is 0 Å². The Kier molecular flexibility index (Phi) is 8.14. The van der Waals surface area contributed by atoms with Crippen LogP contribution in [0.25, 0.3) is 0 Å². The lowest BCUT2D eigenvalue weighted by molar-refractivity contribution is -0.122. The van der Waals surface area contributed by atoms with Crippen LogP contribution in [0.3, 0.4) is 0 Å². The lowest BCUT2D eigenvalue weighted by atomic mass is 9.95. The highest BCUT2D eigenvalue weighted by Gasteiger charge is 2.51. The smallest absolute Gasteiger partial charge is 0.234 e. The molecule has 1 fully saturated rings. The highest BCUT2D eigenvalue weighted by atomic mass is 16.2. The molecule has 29 heavy (non-hydrogen) atoms. The number of benzene rings is 2. The Balaban J connectivity index is 0.000000707. The van der Waals surface area contributed by atoms with Crippen molar-refractivity contribution in [3.05, 3.63) is 95.2 Å². The number of carbonyl (C=O) groups is 2. The molecule has 1 amide bonds. The van der Waals surface area contributed by atoms with Crippen molar-refractivity contribution in [1.29, 1.82) is 0 Å². The van der Waals surface area contributed by atoms with Gasteiger partial charge < -0.3 is 5.32 Å². The maximum absolute atomic E-state index is 12.8. The monoisotopic (exact) mass is 389 g/mol. The average molecular weight is 390 g/mol. The van der Waals surface area contributed by atoms with E-state index >= 15 is 0 Å².